The molecule has 0 aliphatic heterocycles. The lowest BCUT2D eigenvalue weighted by atomic mass is 10.0. The standard InChI is InChI=1S/C34H34ClFN6O2S/c1-37-15-16-41(20-24-3-7-27(8-4-24)28-9-11-30(35)12-10-28)32(43)22-42-21-29(17-26-18-38-40(2)19-26)33(44)39-34(42)45-23-25-5-13-31(36)14-6-25/h3-14,18-19,21,37H,15-17,20,22-23H2,1-2H3. The predicted molar refractivity (Wildman–Crippen MR) is 177 cm³/mol. The summed E-state index contributed by atoms with van der Waals surface area (Å²) in [5.74, 6) is 0.0469. The minimum Gasteiger partial charge on any atom is -0.336 e. The highest BCUT2D eigenvalue weighted by Crippen LogP contribution is 2.24. The van der Waals surface area contributed by atoms with Crippen molar-refractivity contribution in [3.05, 3.63) is 135 Å². The molecule has 232 valence electrons. The first-order chi connectivity index (χ1) is 21.8. The van der Waals surface area contributed by atoms with E-state index < -0.39 is 0 Å². The van der Waals surface area contributed by atoms with Crippen molar-refractivity contribution < 1.29 is 9.18 Å². The topological polar surface area (TPSA) is 85.0 Å². The Labute approximate surface area is 270 Å². The molecule has 0 atom stereocenters. The van der Waals surface area contributed by atoms with Crippen LogP contribution >= 0.6 is 23.4 Å². The number of benzene rings is 3. The van der Waals surface area contributed by atoms with Crippen LogP contribution in [0, 0.1) is 5.82 Å². The Bertz CT molecular complexity index is 1790. The third-order valence-corrected chi connectivity index (χ3v) is 8.57. The summed E-state index contributed by atoms with van der Waals surface area (Å²) >= 11 is 7.38. The fourth-order valence-corrected chi connectivity index (χ4v) is 5.88. The van der Waals surface area contributed by atoms with Gasteiger partial charge in [-0.15, -0.1) is 0 Å². The van der Waals surface area contributed by atoms with Gasteiger partial charge in [-0.2, -0.15) is 10.1 Å². The number of aromatic nitrogens is 4. The first-order valence-electron chi connectivity index (χ1n) is 14.5. The molecule has 5 rings (SSSR count). The first-order valence-corrected chi connectivity index (χ1v) is 15.9. The quantitative estimate of drug-likeness (QED) is 0.133. The van der Waals surface area contributed by atoms with Crippen LogP contribution in [0.5, 0.6) is 0 Å². The van der Waals surface area contributed by atoms with Gasteiger partial charge in [0.05, 0.1) is 6.20 Å². The lowest BCUT2D eigenvalue weighted by Gasteiger charge is -2.24. The van der Waals surface area contributed by atoms with E-state index in [0.29, 0.717) is 47.6 Å². The smallest absolute Gasteiger partial charge is 0.277 e. The number of thioether (sulfide) groups is 1. The van der Waals surface area contributed by atoms with Crippen molar-refractivity contribution >= 4 is 29.3 Å². The van der Waals surface area contributed by atoms with Crippen LogP contribution in [-0.4, -0.2) is 50.3 Å². The highest BCUT2D eigenvalue weighted by atomic mass is 35.5. The molecule has 0 fully saturated rings. The lowest BCUT2D eigenvalue weighted by Crippen LogP contribution is -2.38. The van der Waals surface area contributed by atoms with Crippen LogP contribution in [0.1, 0.15) is 22.3 Å². The summed E-state index contributed by atoms with van der Waals surface area (Å²) in [5, 5.41) is 8.45. The number of nitrogens with zero attached hydrogens (tertiary/aromatic N) is 5. The van der Waals surface area contributed by atoms with Gasteiger partial charge in [-0.1, -0.05) is 71.9 Å². The minimum atomic E-state index is -0.350. The number of carbonyl (C=O) groups excluding carboxylic acids is 1. The van der Waals surface area contributed by atoms with Gasteiger partial charge in [0.25, 0.3) is 5.56 Å². The largest absolute Gasteiger partial charge is 0.336 e. The third-order valence-electron chi connectivity index (χ3n) is 7.26. The van der Waals surface area contributed by atoms with E-state index in [4.69, 9.17) is 11.6 Å². The number of hydrogen-bond donors (Lipinski definition) is 1. The molecule has 0 saturated heterocycles. The van der Waals surface area contributed by atoms with Crippen LogP contribution in [0.3, 0.4) is 0 Å². The maximum atomic E-state index is 13.9. The van der Waals surface area contributed by atoms with Crippen LogP contribution in [0.2, 0.25) is 5.02 Å². The molecule has 3 aromatic carbocycles. The molecular formula is C34H34ClFN6O2S. The summed E-state index contributed by atoms with van der Waals surface area (Å²) in [4.78, 5) is 33.1. The molecule has 0 radical (unpaired) electrons. The van der Waals surface area contributed by atoms with Crippen molar-refractivity contribution in [2.45, 2.75) is 30.4 Å². The monoisotopic (exact) mass is 644 g/mol. The summed E-state index contributed by atoms with van der Waals surface area (Å²) in [5.41, 5.74) is 5.00. The van der Waals surface area contributed by atoms with E-state index in [1.165, 1.54) is 23.9 Å². The van der Waals surface area contributed by atoms with Crippen molar-refractivity contribution in [1.29, 1.82) is 0 Å². The van der Waals surface area contributed by atoms with Crippen LogP contribution in [0.15, 0.2) is 101 Å². The maximum absolute atomic E-state index is 13.9. The number of nitrogens with one attached hydrogen (secondary N) is 1. The zero-order chi connectivity index (χ0) is 31.8. The molecule has 0 aliphatic rings. The second-order valence-corrected chi connectivity index (χ2v) is 12.1. The Kier molecular flexibility index (Phi) is 10.8. The van der Waals surface area contributed by atoms with Gasteiger partial charge < -0.3 is 14.8 Å². The van der Waals surface area contributed by atoms with Gasteiger partial charge in [0.2, 0.25) is 5.91 Å². The zero-order valence-electron chi connectivity index (χ0n) is 25.1. The van der Waals surface area contributed by atoms with Gasteiger partial charge in [0.1, 0.15) is 12.4 Å². The van der Waals surface area contributed by atoms with Crippen molar-refractivity contribution in [2.75, 3.05) is 20.1 Å². The molecular weight excluding hydrogens is 611 g/mol. The van der Waals surface area contributed by atoms with Gasteiger partial charge in [0, 0.05) is 61.8 Å². The number of carbonyl (C=O) groups is 1. The summed E-state index contributed by atoms with van der Waals surface area (Å²) in [6, 6.07) is 22.0. The Hall–Kier alpha value is -4.25. The van der Waals surface area contributed by atoms with E-state index in [0.717, 1.165) is 27.8 Å². The van der Waals surface area contributed by atoms with E-state index >= 15 is 0 Å². The first kappa shape index (κ1) is 32.2. The van der Waals surface area contributed by atoms with Crippen molar-refractivity contribution in [3.63, 3.8) is 0 Å². The molecule has 0 aliphatic carbocycles. The van der Waals surface area contributed by atoms with Gasteiger partial charge in [-0.3, -0.25) is 14.3 Å². The minimum absolute atomic E-state index is 0.00560. The Balaban J connectivity index is 1.38. The molecule has 0 unspecified atom stereocenters. The maximum Gasteiger partial charge on any atom is 0.277 e. The second kappa shape index (κ2) is 15.2. The van der Waals surface area contributed by atoms with Crippen LogP contribution in [0.4, 0.5) is 4.39 Å². The highest BCUT2D eigenvalue weighted by molar-refractivity contribution is 7.98. The number of amides is 1. The third kappa shape index (κ3) is 8.91. The molecule has 2 heterocycles. The number of rotatable bonds is 13. The zero-order valence-corrected chi connectivity index (χ0v) is 26.7. The van der Waals surface area contributed by atoms with Gasteiger partial charge in [-0.05, 0) is 59.1 Å². The van der Waals surface area contributed by atoms with E-state index in [-0.39, 0.29) is 23.8 Å². The predicted octanol–water partition coefficient (Wildman–Crippen LogP) is 5.57. The molecule has 1 N–H and O–H groups in total. The Morgan fingerprint density at radius 1 is 0.956 bits per heavy atom. The average molecular weight is 645 g/mol. The number of aryl methyl sites for hydroxylation is 1. The molecule has 8 nitrogen and oxygen atoms in total. The molecule has 0 saturated carbocycles. The fraction of sp³-hybridized carbons (Fsp3) is 0.235. The molecule has 0 bridgehead atoms. The molecule has 45 heavy (non-hydrogen) atoms. The molecule has 5 aromatic rings. The van der Waals surface area contributed by atoms with E-state index in [1.54, 1.807) is 38.7 Å². The second-order valence-electron chi connectivity index (χ2n) is 10.7. The SMILES string of the molecule is CNCCN(Cc1ccc(-c2ccc(Cl)cc2)cc1)C(=O)Cn1cc(Cc2cnn(C)c2)c(=O)nc1SCc1ccc(F)cc1. The summed E-state index contributed by atoms with van der Waals surface area (Å²) in [6.07, 6.45) is 5.64. The van der Waals surface area contributed by atoms with Gasteiger partial charge in [0.15, 0.2) is 5.16 Å². The molecule has 0 spiro atoms. The highest BCUT2D eigenvalue weighted by Gasteiger charge is 2.18. The molecule has 11 heteroatoms. The van der Waals surface area contributed by atoms with Gasteiger partial charge >= 0.3 is 0 Å². The Morgan fingerprint density at radius 2 is 1.62 bits per heavy atom. The lowest BCUT2D eigenvalue weighted by molar-refractivity contribution is -0.132. The Morgan fingerprint density at radius 3 is 2.27 bits per heavy atom. The van der Waals surface area contributed by atoms with Crippen LogP contribution < -0.4 is 10.9 Å². The van der Waals surface area contributed by atoms with E-state index in [9.17, 15) is 14.0 Å². The van der Waals surface area contributed by atoms with Crippen molar-refractivity contribution in [1.82, 2.24) is 29.5 Å². The van der Waals surface area contributed by atoms with Crippen molar-refractivity contribution in [3.8, 4) is 11.1 Å². The van der Waals surface area contributed by atoms with Gasteiger partial charge in [-0.25, -0.2) is 4.39 Å². The van der Waals surface area contributed by atoms with E-state index in [2.05, 4.69) is 15.4 Å². The van der Waals surface area contributed by atoms with Crippen LogP contribution in [0.25, 0.3) is 11.1 Å². The number of likely N-dealkylation sites (N-methyl/N-ethyl adjacent to an activating group) is 1. The summed E-state index contributed by atoms with van der Waals surface area (Å²) < 4.78 is 16.9. The molecule has 2 aromatic heterocycles. The summed E-state index contributed by atoms with van der Waals surface area (Å²) in [7, 11) is 3.67. The fourth-order valence-electron chi connectivity index (χ4n) is 4.83. The number of halogens is 2. The normalized spacial score (nSPS) is 11.1. The summed E-state index contributed by atoms with van der Waals surface area (Å²) in [6.45, 7) is 1.55. The van der Waals surface area contributed by atoms with Crippen molar-refractivity contribution in [2.24, 2.45) is 7.05 Å². The molecule has 1 amide bonds. The average Bonchev–Trinajstić information content (AvgIpc) is 3.45. The van der Waals surface area contributed by atoms with E-state index in [1.807, 2.05) is 68.8 Å². The number of hydrogen-bond acceptors (Lipinski definition) is 6. The van der Waals surface area contributed by atoms with Crippen LogP contribution in [-0.2, 0) is 37.1 Å².